The number of H-pyrrole nitrogens is 1. The van der Waals surface area contributed by atoms with Crippen LogP contribution in [0.1, 0.15) is 61.5 Å². The quantitative estimate of drug-likeness (QED) is 0.312. The van der Waals surface area contributed by atoms with Gasteiger partial charge in [0.15, 0.2) is 5.78 Å². The van der Waals surface area contributed by atoms with Gasteiger partial charge in [0.05, 0.1) is 16.6 Å². The standard InChI is InChI=1S/C33H37ClN4O5/c1-2-27(39)25(15-20-13-14-35-31(20)40)37-32(41)30-22-10-6-9-21(22)17-38(30)33(42)26-16-23-24(34)11-12-28(29(23)36-26)43-18-19-7-4-3-5-8-19/h3-5,7-8,11-12,16,20-22,25,30,36H,2,6,9-10,13-15,17-18H2,1H3,(H,35,40)(H,37,41). The van der Waals surface area contributed by atoms with E-state index in [2.05, 4.69) is 15.6 Å². The third-order valence-corrected chi connectivity index (χ3v) is 9.66. The maximum atomic E-state index is 14.1. The van der Waals surface area contributed by atoms with E-state index in [0.717, 1.165) is 24.8 Å². The minimum Gasteiger partial charge on any atom is -0.487 e. The summed E-state index contributed by atoms with van der Waals surface area (Å²) in [6.45, 7) is 3.16. The third kappa shape index (κ3) is 5.87. The number of aromatic nitrogens is 1. The Labute approximate surface area is 255 Å². The van der Waals surface area contributed by atoms with E-state index in [1.54, 1.807) is 30.0 Å². The van der Waals surface area contributed by atoms with Gasteiger partial charge >= 0.3 is 0 Å². The highest BCUT2D eigenvalue weighted by molar-refractivity contribution is 6.35. The monoisotopic (exact) mass is 604 g/mol. The van der Waals surface area contributed by atoms with E-state index in [-0.39, 0.29) is 54.1 Å². The number of carbonyl (C=O) groups is 4. The zero-order chi connectivity index (χ0) is 30.1. The summed E-state index contributed by atoms with van der Waals surface area (Å²) in [4.78, 5) is 58.0. The molecule has 1 saturated carbocycles. The predicted molar refractivity (Wildman–Crippen MR) is 163 cm³/mol. The normalized spacial score (nSPS) is 23.7. The Morgan fingerprint density at radius 1 is 1.12 bits per heavy atom. The molecule has 0 bridgehead atoms. The third-order valence-electron chi connectivity index (χ3n) is 9.33. The van der Waals surface area contributed by atoms with Gasteiger partial charge in [-0.15, -0.1) is 0 Å². The Morgan fingerprint density at radius 2 is 1.93 bits per heavy atom. The first kappa shape index (κ1) is 29.2. The van der Waals surface area contributed by atoms with Crippen molar-refractivity contribution in [2.75, 3.05) is 13.1 Å². The van der Waals surface area contributed by atoms with E-state index < -0.39 is 12.1 Å². The number of hydrogen-bond acceptors (Lipinski definition) is 5. The molecule has 0 radical (unpaired) electrons. The van der Waals surface area contributed by atoms with Crippen molar-refractivity contribution in [2.45, 2.75) is 64.1 Å². The van der Waals surface area contributed by atoms with Gasteiger partial charge in [0.25, 0.3) is 5.91 Å². The minimum atomic E-state index is -0.764. The number of halogens is 1. The lowest BCUT2D eigenvalue weighted by Gasteiger charge is -2.29. The average Bonchev–Trinajstić information content (AvgIpc) is 3.81. The zero-order valence-electron chi connectivity index (χ0n) is 24.2. The molecule has 226 valence electrons. The highest BCUT2D eigenvalue weighted by Gasteiger charge is 2.50. The summed E-state index contributed by atoms with van der Waals surface area (Å²) < 4.78 is 6.10. The summed E-state index contributed by atoms with van der Waals surface area (Å²) in [5.74, 6) is -0.297. The van der Waals surface area contributed by atoms with Crippen LogP contribution in [-0.2, 0) is 21.0 Å². The van der Waals surface area contributed by atoms with Crippen LogP contribution >= 0.6 is 11.6 Å². The molecule has 0 spiro atoms. The lowest BCUT2D eigenvalue weighted by atomic mass is 9.91. The van der Waals surface area contributed by atoms with Crippen LogP contribution in [0.25, 0.3) is 10.9 Å². The van der Waals surface area contributed by atoms with Crippen molar-refractivity contribution in [1.29, 1.82) is 0 Å². The fourth-order valence-electron chi connectivity index (χ4n) is 7.06. The fraction of sp³-hybridized carbons (Fsp3) is 0.455. The molecule has 3 fully saturated rings. The van der Waals surface area contributed by atoms with Gasteiger partial charge < -0.3 is 25.3 Å². The van der Waals surface area contributed by atoms with E-state index in [4.69, 9.17) is 16.3 Å². The van der Waals surface area contributed by atoms with E-state index in [0.29, 0.717) is 53.5 Å². The first-order chi connectivity index (χ1) is 20.8. The van der Waals surface area contributed by atoms with Crippen molar-refractivity contribution in [3.63, 3.8) is 0 Å². The highest BCUT2D eigenvalue weighted by atomic mass is 35.5. The molecule has 5 atom stereocenters. The molecule has 2 saturated heterocycles. The molecule has 3 N–H and O–H groups in total. The fourth-order valence-corrected chi connectivity index (χ4v) is 7.28. The van der Waals surface area contributed by atoms with Crippen LogP contribution in [0.15, 0.2) is 48.5 Å². The van der Waals surface area contributed by atoms with E-state index in [1.807, 2.05) is 30.3 Å². The smallest absolute Gasteiger partial charge is 0.271 e. The Hall–Kier alpha value is -3.85. The van der Waals surface area contributed by atoms with Crippen LogP contribution in [-0.4, -0.2) is 58.6 Å². The van der Waals surface area contributed by atoms with Crippen molar-refractivity contribution >= 4 is 46.0 Å². The van der Waals surface area contributed by atoms with Gasteiger partial charge in [0.1, 0.15) is 24.1 Å². The maximum absolute atomic E-state index is 14.1. The Kier molecular flexibility index (Phi) is 8.43. The largest absolute Gasteiger partial charge is 0.487 e. The number of carbonyl (C=O) groups excluding carboxylic acids is 4. The molecule has 3 aromatic rings. The van der Waals surface area contributed by atoms with Crippen molar-refractivity contribution in [3.05, 3.63) is 64.8 Å². The van der Waals surface area contributed by atoms with E-state index in [1.165, 1.54) is 0 Å². The number of benzene rings is 2. The minimum absolute atomic E-state index is 0.0221. The molecule has 1 aromatic heterocycles. The second-order valence-corrected chi connectivity index (χ2v) is 12.3. The number of nitrogens with zero attached hydrogens (tertiary/aromatic N) is 1. The number of aromatic amines is 1. The van der Waals surface area contributed by atoms with E-state index >= 15 is 0 Å². The zero-order valence-corrected chi connectivity index (χ0v) is 25.0. The van der Waals surface area contributed by atoms with Crippen molar-refractivity contribution in [1.82, 2.24) is 20.5 Å². The van der Waals surface area contributed by atoms with E-state index in [9.17, 15) is 19.2 Å². The van der Waals surface area contributed by atoms with Crippen molar-refractivity contribution in [2.24, 2.45) is 17.8 Å². The second-order valence-electron chi connectivity index (χ2n) is 11.9. The summed E-state index contributed by atoms with van der Waals surface area (Å²) in [6, 6.07) is 13.6. The number of amides is 3. The molecule has 2 aliphatic heterocycles. The molecule has 3 aliphatic rings. The number of likely N-dealkylation sites (tertiary alicyclic amines) is 1. The molecule has 3 amide bonds. The number of fused-ring (bicyclic) bond motifs is 2. The molecule has 3 heterocycles. The number of Topliss-reactive ketones (excluding diaryl/α,β-unsaturated/α-hetero) is 1. The van der Waals surface area contributed by atoms with Gasteiger partial charge in [-0.05, 0) is 61.3 Å². The molecule has 6 rings (SSSR count). The van der Waals surface area contributed by atoms with Crippen LogP contribution in [0, 0.1) is 17.8 Å². The van der Waals surface area contributed by atoms with Gasteiger partial charge in [-0.3, -0.25) is 19.2 Å². The Bertz CT molecular complexity index is 1540. The molecule has 5 unspecified atom stereocenters. The van der Waals surface area contributed by atoms with Gasteiger partial charge in [-0.2, -0.15) is 0 Å². The number of nitrogens with one attached hydrogen (secondary N) is 3. The van der Waals surface area contributed by atoms with Crippen LogP contribution in [0.3, 0.4) is 0 Å². The summed E-state index contributed by atoms with van der Waals surface area (Å²) in [6.07, 6.45) is 3.97. The first-order valence-corrected chi connectivity index (χ1v) is 15.6. The van der Waals surface area contributed by atoms with Gasteiger partial charge in [0.2, 0.25) is 11.8 Å². The lowest BCUT2D eigenvalue weighted by Crippen LogP contribution is -2.53. The number of rotatable bonds is 10. The SMILES string of the molecule is CCC(=O)C(CC1CCNC1=O)NC(=O)C1C2CCCC2CN1C(=O)c1cc2c(Cl)ccc(OCc3ccccc3)c2[nH]1. The molecular formula is C33H37ClN4O5. The summed E-state index contributed by atoms with van der Waals surface area (Å²) in [5.41, 5.74) is 1.96. The highest BCUT2D eigenvalue weighted by Crippen LogP contribution is 2.43. The van der Waals surface area contributed by atoms with Crippen LogP contribution in [0.2, 0.25) is 5.02 Å². The number of hydrogen-bond donors (Lipinski definition) is 3. The van der Waals surface area contributed by atoms with Crippen LogP contribution in [0.5, 0.6) is 5.75 Å². The number of ketones is 1. The summed E-state index contributed by atoms with van der Waals surface area (Å²) in [7, 11) is 0. The van der Waals surface area contributed by atoms with Gasteiger partial charge in [-0.25, -0.2) is 0 Å². The predicted octanol–water partition coefficient (Wildman–Crippen LogP) is 4.63. The molecule has 1 aliphatic carbocycles. The second kappa shape index (κ2) is 12.4. The average molecular weight is 605 g/mol. The molecular weight excluding hydrogens is 568 g/mol. The first-order valence-electron chi connectivity index (χ1n) is 15.2. The van der Waals surface area contributed by atoms with Gasteiger partial charge in [0, 0.05) is 30.8 Å². The van der Waals surface area contributed by atoms with Crippen molar-refractivity contribution in [3.8, 4) is 5.75 Å². The number of ether oxygens (including phenoxy) is 1. The molecule has 2 aromatic carbocycles. The molecule has 10 heteroatoms. The van der Waals surface area contributed by atoms with Crippen LogP contribution < -0.4 is 15.4 Å². The summed E-state index contributed by atoms with van der Waals surface area (Å²) in [5, 5.41) is 6.93. The van der Waals surface area contributed by atoms with Crippen molar-refractivity contribution < 1.29 is 23.9 Å². The van der Waals surface area contributed by atoms with Crippen LogP contribution in [0.4, 0.5) is 0 Å². The summed E-state index contributed by atoms with van der Waals surface area (Å²) >= 11 is 6.54. The Morgan fingerprint density at radius 3 is 2.67 bits per heavy atom. The maximum Gasteiger partial charge on any atom is 0.271 e. The van der Waals surface area contributed by atoms with Gasteiger partial charge in [-0.1, -0.05) is 55.3 Å². The molecule has 9 nitrogen and oxygen atoms in total. The Balaban J connectivity index is 1.24. The lowest BCUT2D eigenvalue weighted by molar-refractivity contribution is -0.132. The topological polar surface area (TPSA) is 121 Å². The molecule has 43 heavy (non-hydrogen) atoms.